The van der Waals surface area contributed by atoms with Gasteiger partial charge in [-0.2, -0.15) is 5.10 Å². The second-order valence-corrected chi connectivity index (χ2v) is 5.43. The first kappa shape index (κ1) is 14.2. The van der Waals surface area contributed by atoms with Gasteiger partial charge >= 0.3 is 0 Å². The van der Waals surface area contributed by atoms with Gasteiger partial charge in [0.25, 0.3) is 0 Å². The molecule has 0 aliphatic heterocycles. The Kier molecular flexibility index (Phi) is 3.30. The first-order valence-electron chi connectivity index (χ1n) is 6.28. The number of rotatable bonds is 2. The van der Waals surface area contributed by atoms with Crippen LogP contribution in [0.2, 0.25) is 10.0 Å². The van der Waals surface area contributed by atoms with E-state index in [1.807, 2.05) is 6.92 Å². The van der Waals surface area contributed by atoms with Crippen LogP contribution in [-0.2, 0) is 13.5 Å². The Balaban J connectivity index is 2.41. The van der Waals surface area contributed by atoms with Crippen molar-refractivity contribution >= 4 is 40.3 Å². The van der Waals surface area contributed by atoms with Gasteiger partial charge in [0.2, 0.25) is 5.95 Å². The standard InChI is InChI=1S/C13H12Cl2FN5/c1-3-9-10-12(20(2)19-9)21(13(17)18-10)11-7(14)4-6(16)5-8(11)15/h4-5H,3H2,1-2H3,(H2,17,18). The Morgan fingerprint density at radius 3 is 2.48 bits per heavy atom. The van der Waals surface area contributed by atoms with Crippen LogP contribution in [0.15, 0.2) is 12.1 Å². The Hall–Kier alpha value is -1.79. The van der Waals surface area contributed by atoms with E-state index in [-0.39, 0.29) is 16.0 Å². The zero-order valence-electron chi connectivity index (χ0n) is 11.4. The Labute approximate surface area is 130 Å². The number of imidazole rings is 1. The van der Waals surface area contributed by atoms with Crippen LogP contribution in [0.1, 0.15) is 12.6 Å². The van der Waals surface area contributed by atoms with Crippen LogP contribution in [0.5, 0.6) is 0 Å². The molecule has 0 saturated carbocycles. The highest BCUT2D eigenvalue weighted by molar-refractivity contribution is 6.38. The summed E-state index contributed by atoms with van der Waals surface area (Å²) in [5.74, 6) is -0.286. The van der Waals surface area contributed by atoms with Crippen molar-refractivity contribution in [1.82, 2.24) is 19.3 Å². The Bertz CT molecular complexity index is 829. The SMILES string of the molecule is CCc1nn(C)c2c1nc(N)n2-c1c(Cl)cc(F)cc1Cl. The molecule has 0 saturated heterocycles. The van der Waals surface area contributed by atoms with E-state index in [9.17, 15) is 4.39 Å². The molecule has 0 unspecified atom stereocenters. The number of anilines is 1. The molecule has 0 atom stereocenters. The number of hydrogen-bond donors (Lipinski definition) is 1. The van der Waals surface area contributed by atoms with Crippen molar-refractivity contribution in [2.24, 2.45) is 7.05 Å². The van der Waals surface area contributed by atoms with Crippen molar-refractivity contribution < 1.29 is 4.39 Å². The van der Waals surface area contributed by atoms with Crippen LogP contribution in [0, 0.1) is 5.82 Å². The van der Waals surface area contributed by atoms with Crippen molar-refractivity contribution in [3.8, 4) is 5.69 Å². The van der Waals surface area contributed by atoms with Crippen molar-refractivity contribution in [3.63, 3.8) is 0 Å². The van der Waals surface area contributed by atoms with Gasteiger partial charge in [0.05, 0.1) is 21.4 Å². The predicted molar refractivity (Wildman–Crippen MR) is 81.6 cm³/mol. The van der Waals surface area contributed by atoms with Crippen LogP contribution >= 0.6 is 23.2 Å². The fourth-order valence-corrected chi connectivity index (χ4v) is 3.03. The summed E-state index contributed by atoms with van der Waals surface area (Å²) in [5, 5.41) is 4.71. The quantitative estimate of drug-likeness (QED) is 0.785. The van der Waals surface area contributed by atoms with E-state index < -0.39 is 5.82 Å². The van der Waals surface area contributed by atoms with Gasteiger partial charge in [0, 0.05) is 7.05 Å². The lowest BCUT2D eigenvalue weighted by molar-refractivity contribution is 0.627. The van der Waals surface area contributed by atoms with Gasteiger partial charge in [0.1, 0.15) is 11.3 Å². The zero-order valence-corrected chi connectivity index (χ0v) is 12.9. The molecule has 0 aliphatic carbocycles. The second kappa shape index (κ2) is 4.89. The molecule has 2 heterocycles. The summed E-state index contributed by atoms with van der Waals surface area (Å²) in [4.78, 5) is 4.33. The molecule has 0 bridgehead atoms. The monoisotopic (exact) mass is 327 g/mol. The number of nitrogens with two attached hydrogens (primary N) is 1. The molecular weight excluding hydrogens is 316 g/mol. The minimum atomic E-state index is -0.511. The molecule has 0 radical (unpaired) electrons. The maximum absolute atomic E-state index is 13.4. The summed E-state index contributed by atoms with van der Waals surface area (Å²) in [5.41, 5.74) is 8.57. The molecule has 2 N–H and O–H groups in total. The lowest BCUT2D eigenvalue weighted by atomic mass is 10.3. The number of nitrogen functional groups attached to an aromatic ring is 1. The van der Waals surface area contributed by atoms with Crippen molar-refractivity contribution in [1.29, 1.82) is 0 Å². The van der Waals surface area contributed by atoms with Crippen molar-refractivity contribution in [3.05, 3.63) is 33.7 Å². The van der Waals surface area contributed by atoms with Crippen LogP contribution in [0.25, 0.3) is 16.9 Å². The van der Waals surface area contributed by atoms with E-state index in [1.54, 1.807) is 16.3 Å². The van der Waals surface area contributed by atoms with Gasteiger partial charge in [-0.05, 0) is 18.6 Å². The maximum Gasteiger partial charge on any atom is 0.207 e. The smallest absolute Gasteiger partial charge is 0.207 e. The number of nitrogens with zero attached hydrogens (tertiary/aromatic N) is 4. The molecule has 0 amide bonds. The largest absolute Gasteiger partial charge is 0.369 e. The van der Waals surface area contributed by atoms with E-state index in [2.05, 4.69) is 10.1 Å². The Morgan fingerprint density at radius 2 is 1.90 bits per heavy atom. The van der Waals surface area contributed by atoms with E-state index in [1.165, 1.54) is 12.1 Å². The van der Waals surface area contributed by atoms with Gasteiger partial charge < -0.3 is 5.73 Å². The van der Waals surface area contributed by atoms with Crippen LogP contribution in [-0.4, -0.2) is 19.3 Å². The summed E-state index contributed by atoms with van der Waals surface area (Å²) >= 11 is 12.3. The molecule has 110 valence electrons. The minimum Gasteiger partial charge on any atom is -0.369 e. The average molecular weight is 328 g/mol. The summed E-state index contributed by atoms with van der Waals surface area (Å²) in [6.45, 7) is 1.98. The van der Waals surface area contributed by atoms with Crippen LogP contribution < -0.4 is 5.73 Å². The predicted octanol–water partition coefficient (Wildman–Crippen LogP) is 3.35. The molecule has 2 aromatic heterocycles. The topological polar surface area (TPSA) is 61.7 Å². The molecule has 0 spiro atoms. The number of hydrogen-bond acceptors (Lipinski definition) is 3. The summed E-state index contributed by atoms with van der Waals surface area (Å²) in [6.07, 6.45) is 0.721. The summed E-state index contributed by atoms with van der Waals surface area (Å²) in [7, 11) is 1.78. The summed E-state index contributed by atoms with van der Waals surface area (Å²) in [6, 6.07) is 2.37. The molecule has 1 aromatic carbocycles. The number of aromatic nitrogens is 4. The molecule has 8 heteroatoms. The average Bonchev–Trinajstić information content (AvgIpc) is 2.87. The van der Waals surface area contributed by atoms with Gasteiger partial charge in [-0.3, -0.25) is 4.57 Å². The van der Waals surface area contributed by atoms with E-state index in [4.69, 9.17) is 28.9 Å². The number of fused-ring (bicyclic) bond motifs is 1. The first-order chi connectivity index (χ1) is 9.93. The molecule has 3 aromatic rings. The van der Waals surface area contributed by atoms with Crippen molar-refractivity contribution in [2.45, 2.75) is 13.3 Å². The molecule has 0 fully saturated rings. The lowest BCUT2D eigenvalue weighted by Gasteiger charge is -2.11. The van der Waals surface area contributed by atoms with E-state index in [0.29, 0.717) is 16.9 Å². The molecule has 5 nitrogen and oxygen atoms in total. The number of halogens is 3. The lowest BCUT2D eigenvalue weighted by Crippen LogP contribution is -2.06. The van der Waals surface area contributed by atoms with E-state index >= 15 is 0 Å². The van der Waals surface area contributed by atoms with Gasteiger partial charge in [-0.25, -0.2) is 14.1 Å². The van der Waals surface area contributed by atoms with Crippen LogP contribution in [0.4, 0.5) is 10.3 Å². The van der Waals surface area contributed by atoms with Crippen LogP contribution in [0.3, 0.4) is 0 Å². The van der Waals surface area contributed by atoms with Gasteiger partial charge in [0.15, 0.2) is 5.65 Å². The highest BCUT2D eigenvalue weighted by atomic mass is 35.5. The third-order valence-corrected chi connectivity index (χ3v) is 3.85. The fourth-order valence-electron chi connectivity index (χ4n) is 2.40. The Morgan fingerprint density at radius 1 is 1.29 bits per heavy atom. The third-order valence-electron chi connectivity index (χ3n) is 3.27. The molecule has 21 heavy (non-hydrogen) atoms. The zero-order chi connectivity index (χ0) is 15.3. The van der Waals surface area contributed by atoms with Gasteiger partial charge in [-0.15, -0.1) is 0 Å². The normalized spacial score (nSPS) is 11.5. The molecule has 3 rings (SSSR count). The van der Waals surface area contributed by atoms with Gasteiger partial charge in [-0.1, -0.05) is 30.1 Å². The maximum atomic E-state index is 13.4. The summed E-state index contributed by atoms with van der Waals surface area (Å²) < 4.78 is 16.6. The first-order valence-corrected chi connectivity index (χ1v) is 7.04. The number of benzene rings is 1. The minimum absolute atomic E-state index is 0.158. The van der Waals surface area contributed by atoms with E-state index in [0.717, 1.165) is 12.1 Å². The molecular formula is C13H12Cl2FN5. The molecule has 0 aliphatic rings. The third kappa shape index (κ3) is 2.06. The highest BCUT2D eigenvalue weighted by Crippen LogP contribution is 2.34. The van der Waals surface area contributed by atoms with Crippen molar-refractivity contribution in [2.75, 3.05) is 5.73 Å². The second-order valence-electron chi connectivity index (χ2n) is 4.62. The number of aryl methyl sites for hydroxylation is 2. The highest BCUT2D eigenvalue weighted by Gasteiger charge is 2.21. The fraction of sp³-hybridized carbons (Fsp3) is 0.231.